The third kappa shape index (κ3) is 3.84. The summed E-state index contributed by atoms with van der Waals surface area (Å²) in [7, 11) is 1.60. The predicted molar refractivity (Wildman–Crippen MR) is 107 cm³/mol. The number of nitrogens with one attached hydrogen (secondary N) is 1. The van der Waals surface area contributed by atoms with E-state index in [1.807, 2.05) is 6.07 Å². The SMILES string of the molecule is CN(Cc1ccc(Cl)c(Cl)c1)C(=O)CN1C(=O)NC(C)(c2ccccc2)C1=O. The molecule has 1 atom stereocenters. The standard InChI is InChI=1S/C20H19Cl2N3O3/c1-20(14-6-4-3-5-7-14)18(27)25(19(28)23-20)12-17(26)24(2)11-13-8-9-15(21)16(22)10-13/h3-10H,11-12H2,1-2H3,(H,23,28). The summed E-state index contributed by atoms with van der Waals surface area (Å²) in [5, 5.41) is 3.51. The number of halogens is 2. The van der Waals surface area contributed by atoms with Gasteiger partial charge in [-0.05, 0) is 30.2 Å². The van der Waals surface area contributed by atoms with Gasteiger partial charge in [-0.3, -0.25) is 14.5 Å². The third-order valence-corrected chi connectivity index (χ3v) is 5.49. The van der Waals surface area contributed by atoms with Gasteiger partial charge in [0.1, 0.15) is 12.1 Å². The first-order chi connectivity index (χ1) is 13.2. The second-order valence-corrected chi connectivity index (χ2v) is 7.63. The number of benzene rings is 2. The number of rotatable bonds is 5. The fourth-order valence-corrected chi connectivity index (χ4v) is 3.38. The van der Waals surface area contributed by atoms with E-state index in [0.717, 1.165) is 10.5 Å². The molecular weight excluding hydrogens is 401 g/mol. The summed E-state index contributed by atoms with van der Waals surface area (Å²) in [6.07, 6.45) is 0. The Labute approximate surface area is 173 Å². The van der Waals surface area contributed by atoms with Crippen LogP contribution in [0.4, 0.5) is 4.79 Å². The number of imide groups is 1. The number of carbonyl (C=O) groups excluding carboxylic acids is 3. The van der Waals surface area contributed by atoms with Crippen molar-refractivity contribution >= 4 is 41.0 Å². The third-order valence-electron chi connectivity index (χ3n) is 4.75. The normalized spacial score (nSPS) is 18.9. The average molecular weight is 420 g/mol. The Balaban J connectivity index is 1.70. The topological polar surface area (TPSA) is 69.7 Å². The highest BCUT2D eigenvalue weighted by atomic mass is 35.5. The first-order valence-electron chi connectivity index (χ1n) is 8.60. The van der Waals surface area contributed by atoms with Gasteiger partial charge >= 0.3 is 6.03 Å². The Morgan fingerprint density at radius 3 is 2.43 bits per heavy atom. The molecule has 3 rings (SSSR count). The van der Waals surface area contributed by atoms with E-state index in [-0.39, 0.29) is 19.0 Å². The summed E-state index contributed by atoms with van der Waals surface area (Å²) in [5.74, 6) is -0.827. The van der Waals surface area contributed by atoms with E-state index in [1.165, 1.54) is 4.90 Å². The zero-order chi connectivity index (χ0) is 20.5. The maximum Gasteiger partial charge on any atom is 0.325 e. The Morgan fingerprint density at radius 2 is 1.79 bits per heavy atom. The molecule has 0 bridgehead atoms. The Bertz CT molecular complexity index is 936. The number of nitrogens with zero attached hydrogens (tertiary/aromatic N) is 2. The maximum atomic E-state index is 12.9. The van der Waals surface area contributed by atoms with Gasteiger partial charge in [-0.1, -0.05) is 59.6 Å². The Hall–Kier alpha value is -2.57. The quantitative estimate of drug-likeness (QED) is 0.754. The van der Waals surface area contributed by atoms with Gasteiger partial charge < -0.3 is 10.2 Å². The highest BCUT2D eigenvalue weighted by Crippen LogP contribution is 2.28. The van der Waals surface area contributed by atoms with E-state index in [9.17, 15) is 14.4 Å². The van der Waals surface area contributed by atoms with E-state index in [1.54, 1.807) is 56.4 Å². The van der Waals surface area contributed by atoms with E-state index in [2.05, 4.69) is 5.32 Å². The molecule has 1 heterocycles. The van der Waals surface area contributed by atoms with Gasteiger partial charge in [0.15, 0.2) is 0 Å². The molecule has 2 aromatic rings. The number of amides is 4. The van der Waals surface area contributed by atoms with Crippen molar-refractivity contribution in [3.63, 3.8) is 0 Å². The van der Waals surface area contributed by atoms with E-state index in [4.69, 9.17) is 23.2 Å². The van der Waals surface area contributed by atoms with Crippen LogP contribution in [0.5, 0.6) is 0 Å². The lowest BCUT2D eigenvalue weighted by molar-refractivity contribution is -0.138. The largest absolute Gasteiger partial charge is 0.340 e. The van der Waals surface area contributed by atoms with Crippen molar-refractivity contribution in [2.24, 2.45) is 0 Å². The highest BCUT2D eigenvalue weighted by Gasteiger charge is 2.49. The summed E-state index contributed by atoms with van der Waals surface area (Å²) in [6.45, 7) is 1.56. The monoisotopic (exact) mass is 419 g/mol. The summed E-state index contributed by atoms with van der Waals surface area (Å²) < 4.78 is 0. The molecule has 0 saturated carbocycles. The molecule has 28 heavy (non-hydrogen) atoms. The van der Waals surface area contributed by atoms with Crippen molar-refractivity contribution in [2.45, 2.75) is 19.0 Å². The van der Waals surface area contributed by atoms with E-state index < -0.39 is 17.5 Å². The molecule has 0 aromatic heterocycles. The minimum atomic E-state index is -1.19. The van der Waals surface area contributed by atoms with Crippen LogP contribution in [0.3, 0.4) is 0 Å². The first kappa shape index (κ1) is 20.2. The zero-order valence-corrected chi connectivity index (χ0v) is 16.9. The molecule has 1 N–H and O–H groups in total. The zero-order valence-electron chi connectivity index (χ0n) is 15.4. The highest BCUT2D eigenvalue weighted by molar-refractivity contribution is 6.42. The molecule has 0 aliphatic carbocycles. The second kappa shape index (κ2) is 7.81. The number of carbonyl (C=O) groups is 3. The maximum absolute atomic E-state index is 12.9. The van der Waals surface area contributed by atoms with Crippen LogP contribution in [0, 0.1) is 0 Å². The number of hydrogen-bond donors (Lipinski definition) is 1. The molecule has 1 saturated heterocycles. The van der Waals surface area contributed by atoms with Crippen LogP contribution in [0.15, 0.2) is 48.5 Å². The number of likely N-dealkylation sites (N-methyl/N-ethyl adjacent to an activating group) is 1. The van der Waals surface area contributed by atoms with Gasteiger partial charge in [-0.25, -0.2) is 4.79 Å². The van der Waals surface area contributed by atoms with Crippen LogP contribution < -0.4 is 5.32 Å². The van der Waals surface area contributed by atoms with Crippen LogP contribution in [0.2, 0.25) is 10.0 Å². The van der Waals surface area contributed by atoms with Gasteiger partial charge in [0.2, 0.25) is 5.91 Å². The summed E-state index contributed by atoms with van der Waals surface area (Å²) in [6, 6.07) is 13.4. The lowest BCUT2D eigenvalue weighted by atomic mass is 9.92. The van der Waals surface area contributed by atoms with Crippen molar-refractivity contribution in [3.8, 4) is 0 Å². The molecule has 1 unspecified atom stereocenters. The van der Waals surface area contributed by atoms with Crippen molar-refractivity contribution in [3.05, 3.63) is 69.7 Å². The van der Waals surface area contributed by atoms with E-state index >= 15 is 0 Å². The molecule has 8 heteroatoms. The number of urea groups is 1. The number of hydrogen-bond acceptors (Lipinski definition) is 3. The second-order valence-electron chi connectivity index (χ2n) is 6.81. The van der Waals surface area contributed by atoms with Crippen molar-refractivity contribution in [1.29, 1.82) is 0 Å². The van der Waals surface area contributed by atoms with Crippen LogP contribution in [-0.2, 0) is 21.7 Å². The van der Waals surface area contributed by atoms with Gasteiger partial charge in [-0.15, -0.1) is 0 Å². The van der Waals surface area contributed by atoms with Gasteiger partial charge in [0, 0.05) is 13.6 Å². The lowest BCUT2D eigenvalue weighted by Crippen LogP contribution is -2.43. The molecule has 1 aliphatic rings. The van der Waals surface area contributed by atoms with Gasteiger partial charge in [-0.2, -0.15) is 0 Å². The van der Waals surface area contributed by atoms with Crippen molar-refractivity contribution in [2.75, 3.05) is 13.6 Å². The van der Waals surface area contributed by atoms with Crippen molar-refractivity contribution in [1.82, 2.24) is 15.1 Å². The minimum absolute atomic E-state index is 0.273. The summed E-state index contributed by atoms with van der Waals surface area (Å²) in [5.41, 5.74) is 0.255. The molecule has 0 radical (unpaired) electrons. The average Bonchev–Trinajstić information content (AvgIpc) is 2.89. The lowest BCUT2D eigenvalue weighted by Gasteiger charge is -2.23. The summed E-state index contributed by atoms with van der Waals surface area (Å²) in [4.78, 5) is 40.2. The predicted octanol–water partition coefficient (Wildman–Crippen LogP) is 3.42. The van der Waals surface area contributed by atoms with Crippen LogP contribution in [-0.4, -0.2) is 41.2 Å². The van der Waals surface area contributed by atoms with Gasteiger partial charge in [0.05, 0.1) is 10.0 Å². The molecule has 1 aliphatic heterocycles. The summed E-state index contributed by atoms with van der Waals surface area (Å²) >= 11 is 11.9. The van der Waals surface area contributed by atoms with E-state index in [0.29, 0.717) is 15.6 Å². The molecular formula is C20H19Cl2N3O3. The Morgan fingerprint density at radius 1 is 1.11 bits per heavy atom. The molecule has 4 amide bonds. The smallest absolute Gasteiger partial charge is 0.325 e. The molecule has 146 valence electrons. The molecule has 6 nitrogen and oxygen atoms in total. The van der Waals surface area contributed by atoms with Crippen LogP contribution >= 0.6 is 23.2 Å². The first-order valence-corrected chi connectivity index (χ1v) is 9.35. The molecule has 1 fully saturated rings. The molecule has 0 spiro atoms. The van der Waals surface area contributed by atoms with Crippen LogP contribution in [0.25, 0.3) is 0 Å². The fourth-order valence-electron chi connectivity index (χ4n) is 3.06. The van der Waals surface area contributed by atoms with Crippen LogP contribution in [0.1, 0.15) is 18.1 Å². The van der Waals surface area contributed by atoms with Gasteiger partial charge in [0.25, 0.3) is 5.91 Å². The Kier molecular flexibility index (Phi) is 5.63. The minimum Gasteiger partial charge on any atom is -0.340 e. The fraction of sp³-hybridized carbons (Fsp3) is 0.250. The molecule has 2 aromatic carbocycles. The van der Waals surface area contributed by atoms with Crippen molar-refractivity contribution < 1.29 is 14.4 Å².